The van der Waals surface area contributed by atoms with Crippen LogP contribution in [0.1, 0.15) is 34.5 Å². The highest BCUT2D eigenvalue weighted by atomic mass is 32.2. The van der Waals surface area contributed by atoms with Gasteiger partial charge >= 0.3 is 5.97 Å². The molecular formula is C25H22N4O5S2. The average Bonchev–Trinajstić information content (AvgIpc) is 3.38. The van der Waals surface area contributed by atoms with Crippen LogP contribution in [0.4, 0.5) is 10.8 Å². The third-order valence-electron chi connectivity index (χ3n) is 5.81. The summed E-state index contributed by atoms with van der Waals surface area (Å²) in [6, 6.07) is 13.1. The van der Waals surface area contributed by atoms with Crippen molar-refractivity contribution in [2.45, 2.75) is 30.6 Å². The highest BCUT2D eigenvalue weighted by Crippen LogP contribution is 2.30. The molecular weight excluding hydrogens is 500 g/mol. The van der Waals surface area contributed by atoms with Gasteiger partial charge in [-0.3, -0.25) is 14.5 Å². The third kappa shape index (κ3) is 5.07. The van der Waals surface area contributed by atoms with Crippen molar-refractivity contribution in [2.24, 2.45) is 0 Å². The molecule has 0 aliphatic heterocycles. The van der Waals surface area contributed by atoms with Gasteiger partial charge in [-0.25, -0.2) is 18.2 Å². The molecule has 0 unspecified atom stereocenters. The number of aromatic nitrogens is 2. The second kappa shape index (κ2) is 10.0. The number of sulfonamides is 1. The average molecular weight is 523 g/mol. The van der Waals surface area contributed by atoms with Crippen molar-refractivity contribution >= 4 is 55.0 Å². The highest BCUT2D eigenvalue weighted by molar-refractivity contribution is 7.93. The topological polar surface area (TPSA) is 127 Å². The van der Waals surface area contributed by atoms with E-state index in [0.717, 1.165) is 42.5 Å². The fourth-order valence-corrected chi connectivity index (χ4v) is 5.96. The Bertz CT molecular complexity index is 1530. The van der Waals surface area contributed by atoms with Gasteiger partial charge in [0.1, 0.15) is 0 Å². The number of aryl methyl sites for hydroxylation is 1. The smallest absolute Gasteiger partial charge is 0.339 e. The number of thiazole rings is 1. The van der Waals surface area contributed by atoms with Gasteiger partial charge in [-0.1, -0.05) is 18.2 Å². The number of para-hydroxylation sites is 1. The lowest BCUT2D eigenvalue weighted by Crippen LogP contribution is -2.22. The van der Waals surface area contributed by atoms with Crippen LogP contribution in [0.2, 0.25) is 0 Å². The molecule has 184 valence electrons. The number of rotatable bonds is 7. The van der Waals surface area contributed by atoms with E-state index in [2.05, 4.69) is 15.0 Å². The van der Waals surface area contributed by atoms with Crippen molar-refractivity contribution in [3.05, 3.63) is 76.9 Å². The first kappa shape index (κ1) is 23.9. The maximum atomic E-state index is 13.1. The number of pyridine rings is 1. The van der Waals surface area contributed by atoms with E-state index < -0.39 is 28.5 Å². The lowest BCUT2D eigenvalue weighted by atomic mass is 9.90. The summed E-state index contributed by atoms with van der Waals surface area (Å²) < 4.78 is 32.7. The molecule has 2 aromatic heterocycles. The summed E-state index contributed by atoms with van der Waals surface area (Å²) in [5, 5.41) is 5.26. The summed E-state index contributed by atoms with van der Waals surface area (Å²) in [6.07, 6.45) is 5.05. The van der Waals surface area contributed by atoms with Gasteiger partial charge < -0.3 is 10.1 Å². The second-order valence-corrected chi connectivity index (χ2v) is 10.8. The van der Waals surface area contributed by atoms with Gasteiger partial charge in [0, 0.05) is 28.3 Å². The zero-order chi connectivity index (χ0) is 25.1. The van der Waals surface area contributed by atoms with Crippen molar-refractivity contribution in [1.82, 2.24) is 9.97 Å². The molecule has 0 fully saturated rings. The number of carbonyl (C=O) groups excluding carboxylic acids is 2. The fourth-order valence-electron chi connectivity index (χ4n) is 4.17. The molecule has 36 heavy (non-hydrogen) atoms. The van der Waals surface area contributed by atoms with Gasteiger partial charge in [-0.2, -0.15) is 0 Å². The number of carbonyl (C=O) groups is 2. The number of ether oxygens (including phenoxy) is 1. The van der Waals surface area contributed by atoms with Crippen LogP contribution in [-0.2, 0) is 32.4 Å². The molecule has 2 N–H and O–H groups in total. The molecule has 0 bridgehead atoms. The quantitative estimate of drug-likeness (QED) is 0.349. The van der Waals surface area contributed by atoms with Crippen LogP contribution in [-0.4, -0.2) is 36.9 Å². The van der Waals surface area contributed by atoms with E-state index in [0.29, 0.717) is 16.6 Å². The number of fused-ring (bicyclic) bond motifs is 2. The molecule has 0 saturated heterocycles. The van der Waals surface area contributed by atoms with Crippen LogP contribution in [0.15, 0.2) is 65.0 Å². The SMILES string of the molecule is O=C(COC(=O)c1c2c(nc3ccccc13)CCCC2)Nc1ccc(S(=O)(=O)Nc2nccs2)cc1. The van der Waals surface area contributed by atoms with Gasteiger partial charge in [0.05, 0.1) is 16.0 Å². The van der Waals surface area contributed by atoms with E-state index in [1.165, 1.54) is 41.8 Å². The molecule has 1 aliphatic carbocycles. The Labute approximate surface area is 211 Å². The molecule has 1 aliphatic rings. The predicted molar refractivity (Wildman–Crippen MR) is 137 cm³/mol. The summed E-state index contributed by atoms with van der Waals surface area (Å²) in [7, 11) is -3.80. The van der Waals surface area contributed by atoms with Crippen LogP contribution in [0, 0.1) is 0 Å². The molecule has 4 aromatic rings. The van der Waals surface area contributed by atoms with E-state index in [4.69, 9.17) is 9.72 Å². The van der Waals surface area contributed by atoms with Gasteiger partial charge in [-0.15, -0.1) is 11.3 Å². The van der Waals surface area contributed by atoms with E-state index in [1.54, 1.807) is 5.38 Å². The van der Waals surface area contributed by atoms with Crippen molar-refractivity contribution in [2.75, 3.05) is 16.6 Å². The Morgan fingerprint density at radius 1 is 1.03 bits per heavy atom. The number of amides is 1. The van der Waals surface area contributed by atoms with Gasteiger partial charge in [0.2, 0.25) is 0 Å². The molecule has 2 heterocycles. The van der Waals surface area contributed by atoms with E-state index in [-0.39, 0.29) is 10.0 Å². The summed E-state index contributed by atoms with van der Waals surface area (Å²) in [4.78, 5) is 34.2. The third-order valence-corrected chi connectivity index (χ3v) is 7.98. The normalized spacial score (nSPS) is 13.1. The Morgan fingerprint density at radius 3 is 2.58 bits per heavy atom. The van der Waals surface area contributed by atoms with Crippen LogP contribution in [0.5, 0.6) is 0 Å². The molecule has 0 spiro atoms. The maximum absolute atomic E-state index is 13.1. The zero-order valence-electron chi connectivity index (χ0n) is 19.1. The maximum Gasteiger partial charge on any atom is 0.339 e. The minimum Gasteiger partial charge on any atom is -0.452 e. The van der Waals surface area contributed by atoms with Gasteiger partial charge in [0.15, 0.2) is 11.7 Å². The fraction of sp³-hybridized carbons (Fsp3) is 0.200. The number of nitrogens with one attached hydrogen (secondary N) is 2. The summed E-state index contributed by atoms with van der Waals surface area (Å²) in [5.74, 6) is -1.09. The molecule has 0 atom stereocenters. The summed E-state index contributed by atoms with van der Waals surface area (Å²) >= 11 is 1.17. The largest absolute Gasteiger partial charge is 0.452 e. The molecule has 0 radical (unpaired) electrons. The van der Waals surface area contributed by atoms with Crippen LogP contribution in [0.3, 0.4) is 0 Å². The Hall–Kier alpha value is -3.83. The number of hydrogen-bond acceptors (Lipinski definition) is 8. The molecule has 9 nitrogen and oxygen atoms in total. The molecule has 2 aromatic carbocycles. The van der Waals surface area contributed by atoms with Gasteiger partial charge in [-0.05, 0) is 61.6 Å². The number of nitrogens with zero attached hydrogens (tertiary/aromatic N) is 2. The molecule has 11 heteroatoms. The summed E-state index contributed by atoms with van der Waals surface area (Å²) in [6.45, 7) is -0.476. The number of benzene rings is 2. The first-order valence-corrected chi connectivity index (χ1v) is 13.7. The van der Waals surface area contributed by atoms with Crippen LogP contribution < -0.4 is 10.0 Å². The van der Waals surface area contributed by atoms with Crippen molar-refractivity contribution in [1.29, 1.82) is 0 Å². The van der Waals surface area contributed by atoms with Crippen molar-refractivity contribution < 1.29 is 22.7 Å². The molecule has 0 saturated carbocycles. The van der Waals surface area contributed by atoms with Crippen molar-refractivity contribution in [3.63, 3.8) is 0 Å². The van der Waals surface area contributed by atoms with E-state index >= 15 is 0 Å². The zero-order valence-corrected chi connectivity index (χ0v) is 20.7. The van der Waals surface area contributed by atoms with E-state index in [9.17, 15) is 18.0 Å². The summed E-state index contributed by atoms with van der Waals surface area (Å²) in [5.41, 5.74) is 3.39. The standard InChI is InChI=1S/C25H22N4O5S2/c30-22(27-16-9-11-17(12-10-16)36(32,33)29-25-26-13-14-35-25)15-34-24(31)23-18-5-1-3-7-20(18)28-21-8-4-2-6-19(21)23/h1,3,5,7,9-14H,2,4,6,8,15H2,(H,26,29)(H,27,30). The van der Waals surface area contributed by atoms with Crippen LogP contribution >= 0.6 is 11.3 Å². The first-order chi connectivity index (χ1) is 17.4. The monoisotopic (exact) mass is 522 g/mol. The van der Waals surface area contributed by atoms with Crippen molar-refractivity contribution in [3.8, 4) is 0 Å². The first-order valence-electron chi connectivity index (χ1n) is 11.3. The minimum absolute atomic E-state index is 0.0245. The highest BCUT2D eigenvalue weighted by Gasteiger charge is 2.24. The second-order valence-electron chi connectivity index (χ2n) is 8.23. The van der Waals surface area contributed by atoms with Crippen LogP contribution in [0.25, 0.3) is 10.9 Å². The Balaban J connectivity index is 1.25. The molecule has 5 rings (SSSR count). The number of hydrogen-bond donors (Lipinski definition) is 2. The Morgan fingerprint density at radius 2 is 1.81 bits per heavy atom. The predicted octanol–water partition coefficient (Wildman–Crippen LogP) is 4.17. The minimum atomic E-state index is -3.80. The number of anilines is 2. The number of esters is 1. The lowest BCUT2D eigenvalue weighted by Gasteiger charge is -2.19. The van der Waals surface area contributed by atoms with Gasteiger partial charge in [0.25, 0.3) is 15.9 Å². The van der Waals surface area contributed by atoms with E-state index in [1.807, 2.05) is 24.3 Å². The molecule has 1 amide bonds. The Kier molecular flexibility index (Phi) is 6.66. The lowest BCUT2D eigenvalue weighted by molar-refractivity contribution is -0.119.